The molecule has 10 nitrogen and oxygen atoms in total. The summed E-state index contributed by atoms with van der Waals surface area (Å²) in [5.74, 6) is -0.438. The fourth-order valence-corrected chi connectivity index (χ4v) is 4.49. The largest absolute Gasteiger partial charge is 0.379 e. The molecule has 1 unspecified atom stereocenters. The van der Waals surface area contributed by atoms with Crippen molar-refractivity contribution in [2.45, 2.75) is 12.8 Å². The van der Waals surface area contributed by atoms with Gasteiger partial charge in [0, 0.05) is 41.9 Å². The Balaban J connectivity index is 1.56. The van der Waals surface area contributed by atoms with Crippen LogP contribution in [0, 0.1) is 28.4 Å². The third-order valence-corrected chi connectivity index (χ3v) is 6.65. The van der Waals surface area contributed by atoms with Gasteiger partial charge in [0.2, 0.25) is 11.6 Å². The number of hydrogen-bond acceptors (Lipinski definition) is 9. The summed E-state index contributed by atoms with van der Waals surface area (Å²) >= 11 is 12.6. The van der Waals surface area contributed by atoms with Crippen molar-refractivity contribution >= 4 is 46.2 Å². The molecular formula is C25H25Cl2N7O3. The highest BCUT2D eigenvalue weighted by atomic mass is 35.5. The summed E-state index contributed by atoms with van der Waals surface area (Å²) in [7, 11) is 0. The zero-order chi connectivity index (χ0) is 26.4. The van der Waals surface area contributed by atoms with Gasteiger partial charge in [-0.3, -0.25) is 15.0 Å². The van der Waals surface area contributed by atoms with Crippen LogP contribution in [-0.4, -0.2) is 59.2 Å². The van der Waals surface area contributed by atoms with Crippen LogP contribution in [0.25, 0.3) is 0 Å². The van der Waals surface area contributed by atoms with Crippen molar-refractivity contribution in [1.82, 2.24) is 14.9 Å². The number of benzene rings is 2. The van der Waals surface area contributed by atoms with Gasteiger partial charge in [-0.25, -0.2) is 9.97 Å². The van der Waals surface area contributed by atoms with Gasteiger partial charge in [-0.15, -0.1) is 0 Å². The lowest BCUT2D eigenvalue weighted by atomic mass is 9.91. The van der Waals surface area contributed by atoms with Gasteiger partial charge in [0.05, 0.1) is 30.1 Å². The molecule has 0 aliphatic carbocycles. The van der Waals surface area contributed by atoms with Crippen LogP contribution < -0.4 is 10.6 Å². The molecule has 1 aliphatic rings. The molecule has 2 N–H and O–H groups in total. The van der Waals surface area contributed by atoms with Crippen molar-refractivity contribution in [2.24, 2.45) is 0 Å². The smallest absolute Gasteiger partial charge is 0.353 e. The summed E-state index contributed by atoms with van der Waals surface area (Å²) in [6.45, 7) is 6.01. The third-order valence-electron chi connectivity index (χ3n) is 6.07. The van der Waals surface area contributed by atoms with Crippen LogP contribution in [0.1, 0.15) is 22.6 Å². The molecule has 1 aliphatic heterocycles. The number of morpholine rings is 1. The molecule has 0 amide bonds. The zero-order valence-corrected chi connectivity index (χ0v) is 21.6. The number of rotatable bonds is 9. The average Bonchev–Trinajstić information content (AvgIpc) is 2.89. The molecule has 1 atom stereocenters. The Hall–Kier alpha value is -3.49. The maximum absolute atomic E-state index is 12.0. The molecule has 37 heavy (non-hydrogen) atoms. The number of aromatic nitrogens is 2. The predicted molar refractivity (Wildman–Crippen MR) is 143 cm³/mol. The highest BCUT2D eigenvalue weighted by molar-refractivity contribution is 6.32. The Morgan fingerprint density at radius 1 is 1.19 bits per heavy atom. The summed E-state index contributed by atoms with van der Waals surface area (Å²) in [6, 6.07) is 12.7. The van der Waals surface area contributed by atoms with Crippen molar-refractivity contribution in [2.75, 3.05) is 50.0 Å². The van der Waals surface area contributed by atoms with Crippen molar-refractivity contribution in [3.05, 3.63) is 79.6 Å². The molecule has 0 radical (unpaired) electrons. The maximum Gasteiger partial charge on any atom is 0.353 e. The van der Waals surface area contributed by atoms with Gasteiger partial charge in [-0.05, 0) is 41.8 Å². The second kappa shape index (κ2) is 12.2. The number of nitrogens with one attached hydrogen (secondary N) is 2. The maximum atomic E-state index is 12.0. The highest BCUT2D eigenvalue weighted by Gasteiger charge is 2.25. The Morgan fingerprint density at radius 3 is 2.57 bits per heavy atom. The zero-order valence-electron chi connectivity index (χ0n) is 20.1. The van der Waals surface area contributed by atoms with Gasteiger partial charge in [0.25, 0.3) is 0 Å². The molecule has 1 fully saturated rings. The van der Waals surface area contributed by atoms with Crippen molar-refractivity contribution in [1.29, 1.82) is 5.26 Å². The van der Waals surface area contributed by atoms with E-state index < -0.39 is 10.8 Å². The summed E-state index contributed by atoms with van der Waals surface area (Å²) in [6.07, 6.45) is 1.27. The lowest BCUT2D eigenvalue weighted by Crippen LogP contribution is -2.39. The van der Waals surface area contributed by atoms with Crippen LogP contribution in [0.15, 0.2) is 42.7 Å². The Bertz CT molecular complexity index is 1310. The fraction of sp³-hybridized carbons (Fsp3) is 0.320. The molecule has 0 saturated carbocycles. The van der Waals surface area contributed by atoms with E-state index in [9.17, 15) is 15.4 Å². The van der Waals surface area contributed by atoms with Gasteiger partial charge in [-0.1, -0.05) is 41.4 Å². The van der Waals surface area contributed by atoms with Gasteiger partial charge in [0.15, 0.2) is 0 Å². The summed E-state index contributed by atoms with van der Waals surface area (Å²) in [5, 5.41) is 28.8. The van der Waals surface area contributed by atoms with Gasteiger partial charge in [-0.2, -0.15) is 5.26 Å². The van der Waals surface area contributed by atoms with E-state index in [2.05, 4.69) is 31.6 Å². The van der Waals surface area contributed by atoms with Crippen LogP contribution in [-0.2, 0) is 4.74 Å². The Morgan fingerprint density at radius 2 is 1.89 bits per heavy atom. The standard InChI is InChI=1S/C25H25Cl2N7O3/c1-16-12-19(20(14-28)17-2-4-18(26)5-3-17)21(27)13-22(16)32-25-23(34(35)36)24(30-15-31-25)29-6-7-33-8-10-37-11-9-33/h2-5,12-13,15,20H,6-11H2,1H3,(H2,29,30,31,32). The van der Waals surface area contributed by atoms with Crippen molar-refractivity contribution in [3.63, 3.8) is 0 Å². The van der Waals surface area contributed by atoms with E-state index in [1.165, 1.54) is 6.33 Å². The molecule has 2 aromatic carbocycles. The van der Waals surface area contributed by atoms with Crippen LogP contribution in [0.2, 0.25) is 10.0 Å². The number of ether oxygens (including phenoxy) is 1. The van der Waals surface area contributed by atoms with Crippen molar-refractivity contribution < 1.29 is 9.66 Å². The van der Waals surface area contributed by atoms with Gasteiger partial charge < -0.3 is 15.4 Å². The van der Waals surface area contributed by atoms with Crippen LogP contribution in [0.4, 0.5) is 23.0 Å². The number of nitrogens with zero attached hydrogens (tertiary/aromatic N) is 5. The topological polar surface area (TPSA) is 129 Å². The average molecular weight is 542 g/mol. The minimum absolute atomic E-state index is 0.0373. The summed E-state index contributed by atoms with van der Waals surface area (Å²) in [4.78, 5) is 21.9. The molecule has 0 spiro atoms. The second-order valence-electron chi connectivity index (χ2n) is 8.48. The molecule has 2 heterocycles. The summed E-state index contributed by atoms with van der Waals surface area (Å²) in [5.41, 5.74) is 2.39. The monoisotopic (exact) mass is 541 g/mol. The number of anilines is 3. The SMILES string of the molecule is Cc1cc(C(C#N)c2ccc(Cl)cc2)c(Cl)cc1Nc1ncnc(NCCN2CCOCC2)c1[N+](=O)[O-]. The lowest BCUT2D eigenvalue weighted by Gasteiger charge is -2.26. The van der Waals surface area contributed by atoms with E-state index in [-0.39, 0.29) is 17.3 Å². The first kappa shape index (κ1) is 26.6. The van der Waals surface area contributed by atoms with Crippen molar-refractivity contribution in [3.8, 4) is 6.07 Å². The Kier molecular flexibility index (Phi) is 8.74. The third kappa shape index (κ3) is 6.45. The van der Waals surface area contributed by atoms with E-state index >= 15 is 0 Å². The minimum Gasteiger partial charge on any atom is -0.379 e. The minimum atomic E-state index is -0.604. The quantitative estimate of drug-likeness (QED) is 0.279. The number of hydrogen-bond donors (Lipinski definition) is 2. The number of halogens is 2. The number of nitriles is 1. The van der Waals surface area contributed by atoms with E-state index in [1.54, 1.807) is 36.4 Å². The van der Waals surface area contributed by atoms with Gasteiger partial charge >= 0.3 is 5.69 Å². The number of nitro groups is 1. The molecule has 12 heteroatoms. The lowest BCUT2D eigenvalue weighted by molar-refractivity contribution is -0.383. The molecule has 0 bridgehead atoms. The molecule has 1 aromatic heterocycles. The van der Waals surface area contributed by atoms with E-state index in [1.807, 2.05) is 6.92 Å². The first-order chi connectivity index (χ1) is 17.9. The van der Waals surface area contributed by atoms with Crippen LogP contribution >= 0.6 is 23.2 Å². The second-order valence-corrected chi connectivity index (χ2v) is 9.33. The molecule has 192 valence electrons. The first-order valence-corrected chi connectivity index (χ1v) is 12.4. The van der Waals surface area contributed by atoms with Crippen LogP contribution in [0.5, 0.6) is 0 Å². The molecule has 3 aromatic rings. The van der Waals surface area contributed by atoms with E-state index in [0.29, 0.717) is 47.6 Å². The predicted octanol–water partition coefficient (Wildman–Crippen LogP) is 5.14. The van der Waals surface area contributed by atoms with Crippen LogP contribution in [0.3, 0.4) is 0 Å². The summed E-state index contributed by atoms with van der Waals surface area (Å²) < 4.78 is 5.35. The normalized spacial score (nSPS) is 14.5. The van der Waals surface area contributed by atoms with E-state index in [4.69, 9.17) is 27.9 Å². The Labute approximate surface area is 224 Å². The fourth-order valence-electron chi connectivity index (χ4n) is 4.10. The molecule has 4 rings (SSSR count). The highest BCUT2D eigenvalue weighted by Crippen LogP contribution is 2.37. The number of aryl methyl sites for hydroxylation is 1. The molecular weight excluding hydrogens is 517 g/mol. The molecule has 1 saturated heterocycles. The van der Waals surface area contributed by atoms with Gasteiger partial charge in [0.1, 0.15) is 6.33 Å². The van der Waals surface area contributed by atoms with E-state index in [0.717, 1.165) is 24.2 Å². The first-order valence-electron chi connectivity index (χ1n) is 11.6.